The maximum atomic E-state index is 12.4. The van der Waals surface area contributed by atoms with Gasteiger partial charge in [0.25, 0.3) is 0 Å². The van der Waals surface area contributed by atoms with Crippen molar-refractivity contribution in [2.75, 3.05) is 30.4 Å². The molecular weight excluding hydrogens is 388 g/mol. The van der Waals surface area contributed by atoms with Gasteiger partial charge >= 0.3 is 0 Å². The Balaban J connectivity index is 1.46. The second kappa shape index (κ2) is 9.55. The molecule has 2 N–H and O–H groups in total. The van der Waals surface area contributed by atoms with E-state index in [0.717, 1.165) is 75.4 Å². The van der Waals surface area contributed by atoms with Crippen LogP contribution in [0.5, 0.6) is 0 Å². The minimum atomic E-state index is 0.0445. The molecule has 2 aromatic rings. The summed E-state index contributed by atoms with van der Waals surface area (Å²) in [7, 11) is 0. The molecule has 1 saturated heterocycles. The Kier molecular flexibility index (Phi) is 6.62. The molecule has 0 atom stereocenters. The number of ether oxygens (including phenoxy) is 1. The molecule has 6 nitrogen and oxygen atoms in total. The van der Waals surface area contributed by atoms with E-state index in [2.05, 4.69) is 15.6 Å². The highest BCUT2D eigenvalue weighted by Crippen LogP contribution is 2.30. The zero-order valence-corrected chi connectivity index (χ0v) is 17.3. The Bertz CT molecular complexity index is 848. The molecule has 29 heavy (non-hydrogen) atoms. The number of hydrogen-bond acceptors (Lipinski definition) is 5. The van der Waals surface area contributed by atoms with Crippen LogP contribution in [0.2, 0.25) is 5.02 Å². The molecule has 3 heterocycles. The van der Waals surface area contributed by atoms with Gasteiger partial charge in [-0.05, 0) is 49.8 Å². The van der Waals surface area contributed by atoms with Crippen molar-refractivity contribution >= 4 is 29.1 Å². The number of halogens is 1. The predicted molar refractivity (Wildman–Crippen MR) is 115 cm³/mol. The van der Waals surface area contributed by atoms with Crippen LogP contribution in [0.4, 0.5) is 11.6 Å². The highest BCUT2D eigenvalue weighted by atomic mass is 35.5. The van der Waals surface area contributed by atoms with Crippen molar-refractivity contribution < 1.29 is 9.53 Å². The first-order chi connectivity index (χ1) is 14.2. The SMILES string of the molecule is O=C(Nc1cc(-c2cccc(NCC3CCOCC3)n2)c(Cl)cn1)C1CCCC1. The second-order valence-corrected chi connectivity index (χ2v) is 8.27. The molecule has 154 valence electrons. The second-order valence-electron chi connectivity index (χ2n) is 7.86. The topological polar surface area (TPSA) is 76.1 Å². The van der Waals surface area contributed by atoms with Crippen LogP contribution in [0.15, 0.2) is 30.5 Å². The highest BCUT2D eigenvalue weighted by molar-refractivity contribution is 6.33. The van der Waals surface area contributed by atoms with Crippen LogP contribution >= 0.6 is 11.6 Å². The number of nitrogens with zero attached hydrogens (tertiary/aromatic N) is 2. The Morgan fingerprint density at radius 1 is 1.14 bits per heavy atom. The summed E-state index contributed by atoms with van der Waals surface area (Å²) >= 11 is 6.40. The maximum absolute atomic E-state index is 12.4. The van der Waals surface area contributed by atoms with E-state index in [-0.39, 0.29) is 11.8 Å². The van der Waals surface area contributed by atoms with Crippen molar-refractivity contribution in [2.24, 2.45) is 11.8 Å². The summed E-state index contributed by atoms with van der Waals surface area (Å²) in [5.41, 5.74) is 1.52. The van der Waals surface area contributed by atoms with Gasteiger partial charge in [-0.2, -0.15) is 0 Å². The number of nitrogens with one attached hydrogen (secondary N) is 2. The number of pyridine rings is 2. The van der Waals surface area contributed by atoms with Crippen LogP contribution in [-0.4, -0.2) is 35.6 Å². The molecule has 4 rings (SSSR count). The Labute approximate surface area is 176 Å². The van der Waals surface area contributed by atoms with Gasteiger partial charge in [-0.1, -0.05) is 30.5 Å². The van der Waals surface area contributed by atoms with E-state index in [9.17, 15) is 4.79 Å². The van der Waals surface area contributed by atoms with E-state index in [1.54, 1.807) is 12.3 Å². The first-order valence-corrected chi connectivity index (χ1v) is 10.8. The summed E-state index contributed by atoms with van der Waals surface area (Å²) in [6.07, 6.45) is 7.87. The third kappa shape index (κ3) is 5.25. The zero-order chi connectivity index (χ0) is 20.1. The molecule has 0 unspecified atom stereocenters. The number of hydrogen-bond donors (Lipinski definition) is 2. The Morgan fingerprint density at radius 3 is 2.72 bits per heavy atom. The van der Waals surface area contributed by atoms with Crippen LogP contribution in [0.3, 0.4) is 0 Å². The number of aromatic nitrogens is 2. The smallest absolute Gasteiger partial charge is 0.228 e. The minimum Gasteiger partial charge on any atom is -0.381 e. The summed E-state index contributed by atoms with van der Waals surface area (Å²) in [6.45, 7) is 2.55. The number of rotatable bonds is 6. The molecule has 2 fully saturated rings. The number of anilines is 2. The molecule has 1 aliphatic carbocycles. The van der Waals surface area contributed by atoms with Gasteiger partial charge in [0.1, 0.15) is 11.6 Å². The van der Waals surface area contributed by atoms with Gasteiger partial charge < -0.3 is 15.4 Å². The fourth-order valence-electron chi connectivity index (χ4n) is 4.00. The normalized spacial score (nSPS) is 18.0. The summed E-state index contributed by atoms with van der Waals surface area (Å²) < 4.78 is 5.42. The van der Waals surface area contributed by atoms with E-state index < -0.39 is 0 Å². The van der Waals surface area contributed by atoms with Crippen LogP contribution < -0.4 is 10.6 Å². The molecule has 2 aliphatic rings. The highest BCUT2D eigenvalue weighted by Gasteiger charge is 2.23. The lowest BCUT2D eigenvalue weighted by atomic mass is 10.0. The molecule has 7 heteroatoms. The van der Waals surface area contributed by atoms with Gasteiger partial charge in [0.2, 0.25) is 5.91 Å². The molecule has 0 spiro atoms. The fourth-order valence-corrected chi connectivity index (χ4v) is 4.20. The standard InChI is InChI=1S/C22H27ClN4O2/c23-18-14-25-21(27-22(28)16-4-1-2-5-16)12-17(18)19-6-3-7-20(26-19)24-13-15-8-10-29-11-9-15/h3,6-7,12,14-16H,1-2,4-5,8-11,13H2,(H,24,26)(H,25,27,28). The maximum Gasteiger partial charge on any atom is 0.228 e. The molecule has 1 amide bonds. The number of amides is 1. The number of carbonyl (C=O) groups excluding carboxylic acids is 1. The lowest BCUT2D eigenvalue weighted by Crippen LogP contribution is -2.22. The third-order valence-corrected chi connectivity index (χ3v) is 6.07. The zero-order valence-electron chi connectivity index (χ0n) is 16.5. The average molecular weight is 415 g/mol. The lowest BCUT2D eigenvalue weighted by molar-refractivity contribution is -0.119. The van der Waals surface area contributed by atoms with Gasteiger partial charge in [-0.3, -0.25) is 4.79 Å². The van der Waals surface area contributed by atoms with Crippen LogP contribution in [0.1, 0.15) is 38.5 Å². The molecule has 0 aromatic carbocycles. The van der Waals surface area contributed by atoms with Gasteiger partial charge in [0, 0.05) is 37.4 Å². The van der Waals surface area contributed by atoms with E-state index >= 15 is 0 Å². The molecular formula is C22H27ClN4O2. The van der Waals surface area contributed by atoms with E-state index in [1.165, 1.54) is 0 Å². The van der Waals surface area contributed by atoms with Crippen molar-refractivity contribution in [3.63, 3.8) is 0 Å². The quantitative estimate of drug-likeness (QED) is 0.712. The Hall–Kier alpha value is -2.18. The predicted octanol–water partition coefficient (Wildman–Crippen LogP) is 4.76. The van der Waals surface area contributed by atoms with Crippen molar-refractivity contribution in [2.45, 2.75) is 38.5 Å². The van der Waals surface area contributed by atoms with E-state index in [0.29, 0.717) is 16.8 Å². The number of carbonyl (C=O) groups is 1. The lowest BCUT2D eigenvalue weighted by Gasteiger charge is -2.22. The van der Waals surface area contributed by atoms with Crippen LogP contribution in [-0.2, 0) is 9.53 Å². The van der Waals surface area contributed by atoms with Gasteiger partial charge in [0.05, 0.1) is 10.7 Å². The molecule has 1 saturated carbocycles. The van der Waals surface area contributed by atoms with Gasteiger partial charge in [-0.15, -0.1) is 0 Å². The van der Waals surface area contributed by atoms with Crippen LogP contribution in [0.25, 0.3) is 11.3 Å². The van der Waals surface area contributed by atoms with Crippen molar-refractivity contribution in [3.8, 4) is 11.3 Å². The fraction of sp³-hybridized carbons (Fsp3) is 0.500. The largest absolute Gasteiger partial charge is 0.381 e. The average Bonchev–Trinajstić information content (AvgIpc) is 3.30. The molecule has 1 aliphatic heterocycles. The summed E-state index contributed by atoms with van der Waals surface area (Å²) in [4.78, 5) is 21.4. The first-order valence-electron chi connectivity index (χ1n) is 10.4. The van der Waals surface area contributed by atoms with E-state index in [4.69, 9.17) is 21.3 Å². The summed E-state index contributed by atoms with van der Waals surface area (Å²) in [5.74, 6) is 2.08. The Morgan fingerprint density at radius 2 is 1.93 bits per heavy atom. The van der Waals surface area contributed by atoms with Crippen LogP contribution in [0, 0.1) is 11.8 Å². The summed E-state index contributed by atoms with van der Waals surface area (Å²) in [6, 6.07) is 7.64. The summed E-state index contributed by atoms with van der Waals surface area (Å²) in [5, 5.41) is 6.88. The van der Waals surface area contributed by atoms with Crippen molar-refractivity contribution in [3.05, 3.63) is 35.5 Å². The first kappa shape index (κ1) is 20.1. The monoisotopic (exact) mass is 414 g/mol. The molecule has 2 aromatic heterocycles. The minimum absolute atomic E-state index is 0.0445. The van der Waals surface area contributed by atoms with Crippen molar-refractivity contribution in [1.82, 2.24) is 9.97 Å². The van der Waals surface area contributed by atoms with Gasteiger partial charge in [0.15, 0.2) is 0 Å². The molecule has 0 radical (unpaired) electrons. The van der Waals surface area contributed by atoms with E-state index in [1.807, 2.05) is 18.2 Å². The van der Waals surface area contributed by atoms with Crippen molar-refractivity contribution in [1.29, 1.82) is 0 Å². The van der Waals surface area contributed by atoms with Gasteiger partial charge in [-0.25, -0.2) is 9.97 Å². The molecule has 0 bridgehead atoms. The third-order valence-electron chi connectivity index (χ3n) is 5.77.